The van der Waals surface area contributed by atoms with E-state index >= 15 is 0 Å². The molecule has 0 bridgehead atoms. The molecule has 24 heavy (non-hydrogen) atoms. The van der Waals surface area contributed by atoms with Crippen molar-refractivity contribution in [3.8, 4) is 11.5 Å². The molecule has 0 aliphatic heterocycles. The second-order valence-corrected chi connectivity index (χ2v) is 5.77. The van der Waals surface area contributed by atoms with Gasteiger partial charge >= 0.3 is 6.18 Å². The number of hydrogen-bond donors (Lipinski definition) is 2. The van der Waals surface area contributed by atoms with Gasteiger partial charge in [0.05, 0.1) is 0 Å². The number of alkyl halides is 3. The molecule has 0 spiro atoms. The highest BCUT2D eigenvalue weighted by Crippen LogP contribution is 2.39. The highest BCUT2D eigenvalue weighted by molar-refractivity contribution is 5.42. The molecule has 0 unspecified atom stereocenters. The third-order valence-electron chi connectivity index (χ3n) is 3.56. The van der Waals surface area contributed by atoms with E-state index < -0.39 is 24.8 Å². The van der Waals surface area contributed by atoms with Gasteiger partial charge in [-0.1, -0.05) is 0 Å². The molecule has 0 saturated heterocycles. The van der Waals surface area contributed by atoms with Gasteiger partial charge in [0.2, 0.25) is 0 Å². The highest BCUT2D eigenvalue weighted by Gasteiger charge is 2.52. The largest absolute Gasteiger partial charge is 0.493 e. The second kappa shape index (κ2) is 6.90. The van der Waals surface area contributed by atoms with Crippen LogP contribution < -0.4 is 20.9 Å². The minimum atomic E-state index is -4.49. The molecule has 0 atom stereocenters. The zero-order valence-electron chi connectivity index (χ0n) is 13.1. The number of nitrogens with two attached hydrogens (primary N) is 2. The first kappa shape index (κ1) is 17.8. The molecule has 0 amide bonds. The average molecular weight is 340 g/mol. The number of hydrogen-bond acceptors (Lipinski definition) is 4. The van der Waals surface area contributed by atoms with Crippen molar-refractivity contribution < 1.29 is 22.6 Å². The maximum atomic E-state index is 13.4. The van der Waals surface area contributed by atoms with Crippen LogP contribution in [-0.4, -0.2) is 19.4 Å². The Labute approximate surface area is 138 Å². The monoisotopic (exact) mass is 340 g/mol. The lowest BCUT2D eigenvalue weighted by Crippen LogP contribution is -2.45. The van der Waals surface area contributed by atoms with E-state index in [1.807, 2.05) is 0 Å². The van der Waals surface area contributed by atoms with Crippen molar-refractivity contribution in [2.24, 2.45) is 5.41 Å². The molecule has 0 radical (unpaired) electrons. The molecule has 0 saturated carbocycles. The van der Waals surface area contributed by atoms with Crippen LogP contribution in [0.4, 0.5) is 24.5 Å². The fourth-order valence-electron chi connectivity index (χ4n) is 1.82. The predicted molar refractivity (Wildman–Crippen MR) is 86.9 cm³/mol. The Morgan fingerprint density at radius 2 is 1.08 bits per heavy atom. The van der Waals surface area contributed by atoms with E-state index in [-0.39, 0.29) is 0 Å². The Kier molecular flexibility index (Phi) is 5.11. The van der Waals surface area contributed by atoms with Crippen LogP contribution in [0, 0.1) is 5.41 Å². The number of rotatable bonds is 6. The van der Waals surface area contributed by atoms with Crippen molar-refractivity contribution in [1.29, 1.82) is 0 Å². The standard InChI is InChI=1S/C17H19F3N2O2/c1-16(17(18,19)20,10-23-14-6-2-12(21)3-7-14)11-24-15-8-4-13(22)5-9-15/h2-9H,10-11,21-22H2,1H3. The van der Waals surface area contributed by atoms with E-state index in [1.165, 1.54) is 24.3 Å². The molecule has 0 heterocycles. The van der Waals surface area contributed by atoms with E-state index in [0.29, 0.717) is 22.9 Å². The zero-order valence-corrected chi connectivity index (χ0v) is 13.1. The summed E-state index contributed by atoms with van der Waals surface area (Å²) in [5, 5.41) is 0. The predicted octanol–water partition coefficient (Wildman–Crippen LogP) is 3.88. The molecule has 0 aliphatic carbocycles. The normalized spacial score (nSPS) is 12.0. The van der Waals surface area contributed by atoms with Gasteiger partial charge in [-0.05, 0) is 55.5 Å². The second-order valence-electron chi connectivity index (χ2n) is 5.77. The lowest BCUT2D eigenvalue weighted by molar-refractivity contribution is -0.234. The van der Waals surface area contributed by atoms with E-state index in [9.17, 15) is 13.2 Å². The molecule has 130 valence electrons. The van der Waals surface area contributed by atoms with E-state index in [4.69, 9.17) is 20.9 Å². The summed E-state index contributed by atoms with van der Waals surface area (Å²) in [4.78, 5) is 0. The molecule has 4 N–H and O–H groups in total. The van der Waals surface area contributed by atoms with Crippen LogP contribution >= 0.6 is 0 Å². The van der Waals surface area contributed by atoms with Crippen LogP contribution in [-0.2, 0) is 0 Å². The van der Waals surface area contributed by atoms with Gasteiger partial charge in [0, 0.05) is 11.4 Å². The Hall–Kier alpha value is -2.57. The molecule has 2 aromatic rings. The summed E-state index contributed by atoms with van der Waals surface area (Å²) < 4.78 is 50.9. The summed E-state index contributed by atoms with van der Waals surface area (Å²) >= 11 is 0. The summed E-state index contributed by atoms with van der Waals surface area (Å²) in [5.74, 6) is 0.624. The summed E-state index contributed by atoms with van der Waals surface area (Å²) in [7, 11) is 0. The van der Waals surface area contributed by atoms with Crippen LogP contribution in [0.2, 0.25) is 0 Å². The van der Waals surface area contributed by atoms with Gasteiger partial charge in [0.25, 0.3) is 0 Å². The lowest BCUT2D eigenvalue weighted by atomic mass is 9.92. The topological polar surface area (TPSA) is 70.5 Å². The van der Waals surface area contributed by atoms with E-state index in [0.717, 1.165) is 6.92 Å². The first-order chi connectivity index (χ1) is 11.2. The van der Waals surface area contributed by atoms with Gasteiger partial charge in [-0.3, -0.25) is 0 Å². The van der Waals surface area contributed by atoms with Crippen molar-refractivity contribution >= 4 is 11.4 Å². The average Bonchev–Trinajstić information content (AvgIpc) is 2.53. The molecule has 0 aliphatic rings. The third-order valence-corrected chi connectivity index (χ3v) is 3.56. The maximum absolute atomic E-state index is 13.4. The summed E-state index contributed by atoms with van der Waals surface area (Å²) in [6.07, 6.45) is -4.49. The van der Waals surface area contributed by atoms with E-state index in [2.05, 4.69) is 0 Å². The van der Waals surface area contributed by atoms with Gasteiger partial charge in [0.1, 0.15) is 30.1 Å². The number of halogens is 3. The quantitative estimate of drug-likeness (QED) is 0.783. The van der Waals surface area contributed by atoms with Crippen LogP contribution in [0.15, 0.2) is 48.5 Å². The van der Waals surface area contributed by atoms with E-state index in [1.54, 1.807) is 24.3 Å². The van der Waals surface area contributed by atoms with Crippen molar-refractivity contribution in [2.45, 2.75) is 13.1 Å². The minimum Gasteiger partial charge on any atom is -0.493 e. The van der Waals surface area contributed by atoms with Gasteiger partial charge in [-0.15, -0.1) is 0 Å². The fourth-order valence-corrected chi connectivity index (χ4v) is 1.82. The molecular formula is C17H19F3N2O2. The summed E-state index contributed by atoms with van der Waals surface area (Å²) in [6.45, 7) is -0.0909. The molecule has 2 rings (SSSR count). The first-order valence-corrected chi connectivity index (χ1v) is 7.23. The van der Waals surface area contributed by atoms with Gasteiger partial charge < -0.3 is 20.9 Å². The van der Waals surface area contributed by atoms with Crippen LogP contribution in [0.25, 0.3) is 0 Å². The molecule has 2 aromatic carbocycles. The fraction of sp³-hybridized carbons (Fsp3) is 0.294. The van der Waals surface area contributed by atoms with Gasteiger partial charge in [-0.2, -0.15) is 13.2 Å². The molecule has 4 nitrogen and oxygen atoms in total. The Morgan fingerprint density at radius 3 is 1.38 bits per heavy atom. The maximum Gasteiger partial charge on any atom is 0.400 e. The van der Waals surface area contributed by atoms with Crippen molar-refractivity contribution in [2.75, 3.05) is 24.7 Å². The lowest BCUT2D eigenvalue weighted by Gasteiger charge is -2.31. The van der Waals surface area contributed by atoms with Crippen molar-refractivity contribution in [3.63, 3.8) is 0 Å². The zero-order chi connectivity index (χ0) is 17.8. The Bertz CT molecular complexity index is 606. The Balaban J connectivity index is 2.05. The van der Waals surface area contributed by atoms with Crippen molar-refractivity contribution in [1.82, 2.24) is 0 Å². The molecule has 0 fully saturated rings. The number of ether oxygens (including phenoxy) is 2. The smallest absolute Gasteiger partial charge is 0.400 e. The molecule has 7 heteroatoms. The van der Waals surface area contributed by atoms with Crippen LogP contribution in [0.1, 0.15) is 6.92 Å². The van der Waals surface area contributed by atoms with Crippen LogP contribution in [0.3, 0.4) is 0 Å². The van der Waals surface area contributed by atoms with Crippen LogP contribution in [0.5, 0.6) is 11.5 Å². The third kappa shape index (κ3) is 4.47. The van der Waals surface area contributed by atoms with Gasteiger partial charge in [-0.25, -0.2) is 0 Å². The minimum absolute atomic E-state index is 0.312. The highest BCUT2D eigenvalue weighted by atomic mass is 19.4. The van der Waals surface area contributed by atoms with Crippen molar-refractivity contribution in [3.05, 3.63) is 48.5 Å². The Morgan fingerprint density at radius 1 is 0.750 bits per heavy atom. The molecular weight excluding hydrogens is 321 g/mol. The molecule has 0 aromatic heterocycles. The SMILES string of the molecule is CC(COc1ccc(N)cc1)(COc1ccc(N)cc1)C(F)(F)F. The summed E-state index contributed by atoms with van der Waals surface area (Å²) in [6, 6.07) is 12.3. The first-order valence-electron chi connectivity index (χ1n) is 7.23. The summed E-state index contributed by atoms with van der Waals surface area (Å²) in [5.41, 5.74) is 9.92. The number of nitrogen functional groups attached to an aromatic ring is 2. The number of benzene rings is 2. The number of anilines is 2. The van der Waals surface area contributed by atoms with Gasteiger partial charge in [0.15, 0.2) is 0 Å².